The summed E-state index contributed by atoms with van der Waals surface area (Å²) in [5, 5.41) is 19.4. The van der Waals surface area contributed by atoms with Gasteiger partial charge in [0.1, 0.15) is 6.10 Å². The summed E-state index contributed by atoms with van der Waals surface area (Å²) in [4.78, 5) is 12.3. The maximum absolute atomic E-state index is 12.3. The summed E-state index contributed by atoms with van der Waals surface area (Å²) >= 11 is 0. The first kappa shape index (κ1) is 32.8. The highest BCUT2D eigenvalue weighted by Gasteiger charge is 2.41. The van der Waals surface area contributed by atoms with Crippen LogP contribution in [-0.2, 0) is 19.0 Å². The lowest BCUT2D eigenvalue weighted by molar-refractivity contribution is -0.148. The quantitative estimate of drug-likeness (QED) is 0.0931. The second-order valence-electron chi connectivity index (χ2n) is 10.3. The zero-order valence-corrected chi connectivity index (χ0v) is 23.4. The molecule has 6 heteroatoms. The van der Waals surface area contributed by atoms with Crippen molar-refractivity contribution in [3.63, 3.8) is 0 Å². The lowest BCUT2D eigenvalue weighted by Crippen LogP contribution is -2.32. The van der Waals surface area contributed by atoms with Crippen molar-refractivity contribution in [2.24, 2.45) is 0 Å². The minimum Gasteiger partial charge on any atom is -0.490 e. The molecule has 0 radical (unpaired) electrons. The van der Waals surface area contributed by atoms with Crippen LogP contribution in [-0.4, -0.2) is 48.2 Å². The van der Waals surface area contributed by atoms with Gasteiger partial charge in [-0.2, -0.15) is 0 Å². The highest BCUT2D eigenvalue weighted by Crippen LogP contribution is 2.28. The summed E-state index contributed by atoms with van der Waals surface area (Å²) in [6, 6.07) is 0. The molecule has 0 fully saturated rings. The van der Waals surface area contributed by atoms with Gasteiger partial charge in [0.05, 0.1) is 19.8 Å². The molecule has 6 nitrogen and oxygen atoms in total. The average molecular weight is 513 g/mol. The van der Waals surface area contributed by atoms with Crippen LogP contribution in [0.1, 0.15) is 142 Å². The van der Waals surface area contributed by atoms with E-state index in [1.165, 1.54) is 96.3 Å². The van der Waals surface area contributed by atoms with Gasteiger partial charge in [0, 0.05) is 0 Å². The molecule has 0 aromatic carbocycles. The van der Waals surface area contributed by atoms with Crippen LogP contribution in [0.5, 0.6) is 0 Å². The van der Waals surface area contributed by atoms with Gasteiger partial charge in [0.15, 0.2) is 11.9 Å². The summed E-state index contributed by atoms with van der Waals surface area (Å²) < 4.78 is 16.8. The number of hydrogen-bond acceptors (Lipinski definition) is 6. The second-order valence-corrected chi connectivity index (χ2v) is 10.3. The van der Waals surface area contributed by atoms with E-state index in [1.54, 1.807) is 0 Å². The van der Waals surface area contributed by atoms with Gasteiger partial charge >= 0.3 is 5.97 Å². The Bertz CT molecular complexity index is 562. The number of unbranched alkanes of at least 4 members (excludes halogenated alkanes) is 18. The minimum atomic E-state index is -1.21. The molecule has 212 valence electrons. The number of ether oxygens (including phenoxy) is 3. The van der Waals surface area contributed by atoms with E-state index in [9.17, 15) is 15.0 Å². The number of rotatable bonds is 26. The Morgan fingerprint density at radius 3 is 1.47 bits per heavy atom. The molecule has 2 atom stereocenters. The van der Waals surface area contributed by atoms with Gasteiger partial charge < -0.3 is 24.4 Å². The molecule has 36 heavy (non-hydrogen) atoms. The third-order valence-electron chi connectivity index (χ3n) is 6.94. The Balaban J connectivity index is 2.20. The summed E-state index contributed by atoms with van der Waals surface area (Å²) in [5.74, 6) is -0.315. The Labute approximate surface area is 221 Å². The van der Waals surface area contributed by atoms with E-state index in [2.05, 4.69) is 13.8 Å². The van der Waals surface area contributed by atoms with E-state index in [0.717, 1.165) is 32.1 Å². The number of esters is 1. The van der Waals surface area contributed by atoms with Gasteiger partial charge in [-0.1, -0.05) is 129 Å². The summed E-state index contributed by atoms with van der Waals surface area (Å²) in [7, 11) is 0. The molecule has 1 heterocycles. The number of carbonyl (C=O) groups excluding carboxylic acids is 1. The largest absolute Gasteiger partial charge is 0.490 e. The van der Waals surface area contributed by atoms with Crippen LogP contribution in [0.4, 0.5) is 0 Å². The van der Waals surface area contributed by atoms with Crippen LogP contribution < -0.4 is 0 Å². The second kappa shape index (κ2) is 22.9. The zero-order chi connectivity index (χ0) is 26.3. The normalized spacial score (nSPS) is 16.4. The zero-order valence-electron chi connectivity index (χ0n) is 23.4. The Kier molecular flexibility index (Phi) is 20.8. The molecule has 1 rings (SSSR count). The van der Waals surface area contributed by atoms with Gasteiger partial charge in [0.2, 0.25) is 5.76 Å². The smallest absolute Gasteiger partial charge is 0.378 e. The molecule has 0 amide bonds. The lowest BCUT2D eigenvalue weighted by atomic mass is 10.0. The average Bonchev–Trinajstić information content (AvgIpc) is 3.20. The van der Waals surface area contributed by atoms with Crippen molar-refractivity contribution < 1.29 is 29.2 Å². The van der Waals surface area contributed by atoms with E-state index in [0.29, 0.717) is 13.2 Å². The van der Waals surface area contributed by atoms with Gasteiger partial charge in [-0.25, -0.2) is 4.79 Å². The number of aliphatic hydroxyl groups is 2. The molecule has 0 spiro atoms. The van der Waals surface area contributed by atoms with Crippen molar-refractivity contribution in [3.8, 4) is 0 Å². The molecule has 0 bridgehead atoms. The maximum atomic E-state index is 12.3. The molecule has 2 N–H and O–H groups in total. The van der Waals surface area contributed by atoms with Gasteiger partial charge in [-0.15, -0.1) is 0 Å². The third kappa shape index (κ3) is 15.1. The Morgan fingerprint density at radius 1 is 0.667 bits per heavy atom. The van der Waals surface area contributed by atoms with E-state index >= 15 is 0 Å². The van der Waals surface area contributed by atoms with E-state index in [1.807, 2.05) is 0 Å². The van der Waals surface area contributed by atoms with Crippen molar-refractivity contribution in [2.75, 3.05) is 19.8 Å². The van der Waals surface area contributed by atoms with Crippen LogP contribution in [0.25, 0.3) is 0 Å². The Hall–Kier alpha value is -1.27. The van der Waals surface area contributed by atoms with Crippen LogP contribution in [0.3, 0.4) is 0 Å². The summed E-state index contributed by atoms with van der Waals surface area (Å²) in [5.41, 5.74) is 0. The summed E-state index contributed by atoms with van der Waals surface area (Å²) in [6.07, 6.45) is 22.6. The molecule has 0 unspecified atom stereocenters. The van der Waals surface area contributed by atoms with Crippen molar-refractivity contribution in [1.29, 1.82) is 0 Å². The fourth-order valence-corrected chi connectivity index (χ4v) is 4.61. The monoisotopic (exact) mass is 512 g/mol. The maximum Gasteiger partial charge on any atom is 0.378 e. The van der Waals surface area contributed by atoms with Gasteiger partial charge in [-0.3, -0.25) is 0 Å². The molecule has 0 aliphatic carbocycles. The van der Waals surface area contributed by atoms with Crippen LogP contribution >= 0.6 is 0 Å². The lowest BCUT2D eigenvalue weighted by Gasteiger charge is -2.18. The molecule has 1 aliphatic rings. The molecule has 1 aliphatic heterocycles. The van der Waals surface area contributed by atoms with Crippen LogP contribution in [0.2, 0.25) is 0 Å². The van der Waals surface area contributed by atoms with Gasteiger partial charge in [-0.05, 0) is 12.8 Å². The number of cyclic esters (lactones) is 1. The molecule has 0 aromatic rings. The number of hydrogen-bond donors (Lipinski definition) is 2. The number of carbonyl (C=O) groups is 1. The molecular formula is C30H56O6. The highest BCUT2D eigenvalue weighted by atomic mass is 16.6. The van der Waals surface area contributed by atoms with Crippen molar-refractivity contribution in [2.45, 2.75) is 154 Å². The molecule has 0 aromatic heterocycles. The van der Waals surface area contributed by atoms with Crippen LogP contribution in [0.15, 0.2) is 11.5 Å². The first-order valence-corrected chi connectivity index (χ1v) is 15.1. The van der Waals surface area contributed by atoms with Crippen molar-refractivity contribution in [1.82, 2.24) is 0 Å². The molecule has 0 saturated heterocycles. The van der Waals surface area contributed by atoms with Crippen molar-refractivity contribution >= 4 is 5.97 Å². The highest BCUT2D eigenvalue weighted by molar-refractivity contribution is 5.89. The molecular weight excluding hydrogens is 456 g/mol. The third-order valence-corrected chi connectivity index (χ3v) is 6.94. The van der Waals surface area contributed by atoms with E-state index in [4.69, 9.17) is 14.2 Å². The number of aliphatic hydroxyl groups excluding tert-OH is 2. The SMILES string of the molecule is CCCCCCCCCCCCCCCCOC1=C(OCCCCCCCC)[C@@H]([C@@H](O)CO)OC1=O. The summed E-state index contributed by atoms with van der Waals surface area (Å²) in [6.45, 7) is 4.82. The van der Waals surface area contributed by atoms with E-state index < -0.39 is 24.8 Å². The topological polar surface area (TPSA) is 85.2 Å². The first-order chi connectivity index (χ1) is 17.7. The molecule has 0 saturated carbocycles. The van der Waals surface area contributed by atoms with Gasteiger partial charge in [0.25, 0.3) is 0 Å². The standard InChI is InChI=1S/C30H56O6/c1-3-5-7-9-11-12-13-14-15-16-17-18-20-22-24-35-29-28(27(26(32)25-31)36-30(29)33)34-23-21-19-10-8-6-4-2/h26-27,31-32H,3-25H2,1-2H3/t26-,27+/m0/s1. The van der Waals surface area contributed by atoms with Crippen LogP contribution in [0, 0.1) is 0 Å². The minimum absolute atomic E-state index is 0.0631. The predicted molar refractivity (Wildman–Crippen MR) is 146 cm³/mol. The Morgan fingerprint density at radius 2 is 1.06 bits per heavy atom. The first-order valence-electron chi connectivity index (χ1n) is 15.1. The van der Waals surface area contributed by atoms with Crippen molar-refractivity contribution in [3.05, 3.63) is 11.5 Å². The predicted octanol–water partition coefficient (Wildman–Crippen LogP) is 7.35. The van der Waals surface area contributed by atoms with E-state index in [-0.39, 0.29) is 11.5 Å². The fourth-order valence-electron chi connectivity index (χ4n) is 4.61. The fraction of sp³-hybridized carbons (Fsp3) is 0.900.